The summed E-state index contributed by atoms with van der Waals surface area (Å²) in [5.41, 5.74) is 0. The van der Waals surface area contributed by atoms with Crippen molar-refractivity contribution in [3.05, 3.63) is 6.92 Å². The van der Waals surface area contributed by atoms with Crippen LogP contribution < -0.4 is 10.6 Å². The molecule has 2 atom stereocenters. The molecular formula is C10H16N2O2. The maximum Gasteiger partial charge on any atom is 0.224 e. The summed E-state index contributed by atoms with van der Waals surface area (Å²) in [4.78, 5) is 22.0. The molecule has 1 fully saturated rings. The van der Waals surface area contributed by atoms with Crippen molar-refractivity contribution in [1.29, 1.82) is 0 Å². The normalized spacial score (nSPS) is 26.7. The van der Waals surface area contributed by atoms with Crippen LogP contribution in [0, 0.1) is 12.8 Å². The van der Waals surface area contributed by atoms with Gasteiger partial charge in [0, 0.05) is 19.0 Å². The Kier molecular flexibility index (Phi) is 3.92. The Morgan fingerprint density at radius 3 is 2.64 bits per heavy atom. The summed E-state index contributed by atoms with van der Waals surface area (Å²) >= 11 is 0. The van der Waals surface area contributed by atoms with Crippen molar-refractivity contribution < 1.29 is 9.59 Å². The van der Waals surface area contributed by atoms with Crippen molar-refractivity contribution in [2.75, 3.05) is 7.05 Å². The molecule has 2 unspecified atom stereocenters. The van der Waals surface area contributed by atoms with Gasteiger partial charge in [0.15, 0.2) is 0 Å². The van der Waals surface area contributed by atoms with Crippen LogP contribution in [0.2, 0.25) is 0 Å². The zero-order valence-corrected chi connectivity index (χ0v) is 8.38. The first-order valence-corrected chi connectivity index (χ1v) is 4.91. The van der Waals surface area contributed by atoms with Crippen LogP contribution in [-0.4, -0.2) is 24.9 Å². The van der Waals surface area contributed by atoms with Gasteiger partial charge < -0.3 is 10.6 Å². The van der Waals surface area contributed by atoms with Crippen LogP contribution in [0.1, 0.15) is 25.7 Å². The highest BCUT2D eigenvalue weighted by Crippen LogP contribution is 2.24. The van der Waals surface area contributed by atoms with Gasteiger partial charge in [-0.2, -0.15) is 0 Å². The summed E-state index contributed by atoms with van der Waals surface area (Å²) in [5.74, 6) is -0.431. The fourth-order valence-corrected chi connectivity index (χ4v) is 1.96. The van der Waals surface area contributed by atoms with E-state index in [9.17, 15) is 9.59 Å². The number of hydrogen-bond donors (Lipinski definition) is 2. The zero-order valence-electron chi connectivity index (χ0n) is 8.38. The molecule has 0 aromatic carbocycles. The topological polar surface area (TPSA) is 58.2 Å². The molecule has 1 aliphatic rings. The lowest BCUT2D eigenvalue weighted by molar-refractivity contribution is -0.126. The smallest absolute Gasteiger partial charge is 0.224 e. The number of carbonyl (C=O) groups excluding carboxylic acids is 2. The van der Waals surface area contributed by atoms with Crippen LogP contribution >= 0.6 is 0 Å². The molecule has 1 aliphatic carbocycles. The predicted octanol–water partition coefficient (Wildman–Crippen LogP) is 0.118. The Labute approximate surface area is 84.4 Å². The van der Waals surface area contributed by atoms with Gasteiger partial charge >= 0.3 is 0 Å². The first kappa shape index (κ1) is 11.0. The molecule has 2 N–H and O–H groups in total. The van der Waals surface area contributed by atoms with E-state index in [4.69, 9.17) is 6.92 Å². The molecule has 2 radical (unpaired) electrons. The van der Waals surface area contributed by atoms with Gasteiger partial charge in [-0.25, -0.2) is 0 Å². The van der Waals surface area contributed by atoms with Crippen molar-refractivity contribution in [1.82, 2.24) is 10.6 Å². The SMILES string of the molecule is [CH]C(=O)NC1CCCC(C(=O)NC)C1. The van der Waals surface area contributed by atoms with Crippen LogP contribution in [0.25, 0.3) is 0 Å². The quantitative estimate of drug-likeness (QED) is 0.659. The van der Waals surface area contributed by atoms with Crippen molar-refractivity contribution in [3.63, 3.8) is 0 Å². The minimum atomic E-state index is -0.507. The lowest BCUT2D eigenvalue weighted by atomic mass is 9.85. The second kappa shape index (κ2) is 4.98. The maximum atomic E-state index is 11.3. The summed E-state index contributed by atoms with van der Waals surface area (Å²) in [5, 5.41) is 5.28. The molecule has 0 saturated heterocycles. The lowest BCUT2D eigenvalue weighted by Gasteiger charge is -2.28. The van der Waals surface area contributed by atoms with E-state index in [-0.39, 0.29) is 17.9 Å². The second-order valence-electron chi connectivity index (χ2n) is 3.68. The van der Waals surface area contributed by atoms with E-state index < -0.39 is 5.91 Å². The molecular weight excluding hydrogens is 180 g/mol. The number of nitrogens with one attached hydrogen (secondary N) is 2. The van der Waals surface area contributed by atoms with E-state index in [0.29, 0.717) is 6.42 Å². The Morgan fingerprint density at radius 1 is 1.36 bits per heavy atom. The molecule has 0 bridgehead atoms. The highest BCUT2D eigenvalue weighted by atomic mass is 16.2. The largest absolute Gasteiger partial charge is 0.359 e. The van der Waals surface area contributed by atoms with E-state index in [0.717, 1.165) is 19.3 Å². The summed E-state index contributed by atoms with van der Waals surface area (Å²) in [6.45, 7) is 5.03. The maximum absolute atomic E-state index is 11.3. The van der Waals surface area contributed by atoms with E-state index in [1.54, 1.807) is 7.05 Å². The minimum absolute atomic E-state index is 0.0191. The molecule has 0 heterocycles. The molecule has 4 nitrogen and oxygen atoms in total. The fraction of sp³-hybridized carbons (Fsp3) is 0.700. The molecule has 2 amide bonds. The van der Waals surface area contributed by atoms with Gasteiger partial charge in [-0.05, 0) is 19.3 Å². The van der Waals surface area contributed by atoms with E-state index in [1.807, 2.05) is 0 Å². The predicted molar refractivity (Wildman–Crippen MR) is 52.3 cm³/mol. The standard InChI is InChI=1S/C10H16N2O2/c1-7(13)12-9-5-3-4-8(6-9)10(14)11-2/h1,8-9H,3-6H2,2H3,(H,11,14)(H,12,13). The van der Waals surface area contributed by atoms with Gasteiger partial charge in [0.25, 0.3) is 0 Å². The van der Waals surface area contributed by atoms with E-state index in [2.05, 4.69) is 10.6 Å². The van der Waals surface area contributed by atoms with Gasteiger partial charge in [-0.3, -0.25) is 9.59 Å². The highest BCUT2D eigenvalue weighted by molar-refractivity contribution is 5.81. The molecule has 0 aliphatic heterocycles. The van der Waals surface area contributed by atoms with Crippen molar-refractivity contribution in [2.45, 2.75) is 31.7 Å². The third kappa shape index (κ3) is 3.01. The van der Waals surface area contributed by atoms with Crippen LogP contribution in [0.4, 0.5) is 0 Å². The first-order valence-electron chi connectivity index (χ1n) is 4.91. The molecule has 0 aromatic heterocycles. The lowest BCUT2D eigenvalue weighted by Crippen LogP contribution is -2.41. The zero-order chi connectivity index (χ0) is 10.6. The third-order valence-corrected chi connectivity index (χ3v) is 2.64. The van der Waals surface area contributed by atoms with Gasteiger partial charge in [-0.1, -0.05) is 6.42 Å². The Hall–Kier alpha value is -1.06. The number of hydrogen-bond acceptors (Lipinski definition) is 2. The van der Waals surface area contributed by atoms with Gasteiger partial charge in [0.05, 0.1) is 6.92 Å². The fourth-order valence-electron chi connectivity index (χ4n) is 1.96. The Morgan fingerprint density at radius 2 is 2.07 bits per heavy atom. The van der Waals surface area contributed by atoms with Crippen molar-refractivity contribution in [3.8, 4) is 0 Å². The molecule has 78 valence electrons. The van der Waals surface area contributed by atoms with Gasteiger partial charge in [0.2, 0.25) is 11.8 Å². The highest BCUT2D eigenvalue weighted by Gasteiger charge is 2.26. The summed E-state index contributed by atoms with van der Waals surface area (Å²) < 4.78 is 0. The molecule has 4 heteroatoms. The van der Waals surface area contributed by atoms with Crippen LogP contribution in [0.5, 0.6) is 0 Å². The first-order chi connectivity index (χ1) is 6.63. The summed E-state index contributed by atoms with van der Waals surface area (Å²) in [7, 11) is 1.63. The van der Waals surface area contributed by atoms with E-state index in [1.165, 1.54) is 0 Å². The van der Waals surface area contributed by atoms with Gasteiger partial charge in [-0.15, -0.1) is 0 Å². The molecule has 1 saturated carbocycles. The summed E-state index contributed by atoms with van der Waals surface area (Å²) in [6, 6.07) is 0.0588. The molecule has 1 rings (SSSR count). The summed E-state index contributed by atoms with van der Waals surface area (Å²) in [6.07, 6.45) is 3.47. The number of rotatable bonds is 2. The Balaban J connectivity index is 2.43. The van der Waals surface area contributed by atoms with Crippen LogP contribution in [0.3, 0.4) is 0 Å². The molecule has 0 spiro atoms. The molecule has 0 aromatic rings. The van der Waals surface area contributed by atoms with Crippen molar-refractivity contribution in [2.24, 2.45) is 5.92 Å². The monoisotopic (exact) mass is 196 g/mol. The van der Waals surface area contributed by atoms with Crippen molar-refractivity contribution >= 4 is 11.8 Å². The minimum Gasteiger partial charge on any atom is -0.359 e. The van der Waals surface area contributed by atoms with Gasteiger partial charge in [0.1, 0.15) is 0 Å². The number of amides is 2. The number of carbonyl (C=O) groups is 2. The van der Waals surface area contributed by atoms with Crippen LogP contribution in [0.15, 0.2) is 0 Å². The third-order valence-electron chi connectivity index (χ3n) is 2.64. The Bertz CT molecular complexity index is 228. The average Bonchev–Trinajstić information content (AvgIpc) is 2.16. The average molecular weight is 196 g/mol. The molecule has 14 heavy (non-hydrogen) atoms. The van der Waals surface area contributed by atoms with E-state index >= 15 is 0 Å². The second-order valence-corrected chi connectivity index (χ2v) is 3.68. The van der Waals surface area contributed by atoms with Crippen LogP contribution in [-0.2, 0) is 9.59 Å².